The van der Waals surface area contributed by atoms with E-state index in [1.807, 2.05) is 26.0 Å². The van der Waals surface area contributed by atoms with Gasteiger partial charge in [0.15, 0.2) is 0 Å². The zero-order chi connectivity index (χ0) is 19.3. The fourth-order valence-electron chi connectivity index (χ4n) is 2.61. The first-order valence-corrected chi connectivity index (χ1v) is 8.88. The third-order valence-electron chi connectivity index (χ3n) is 4.10. The minimum absolute atomic E-state index is 0.0269. The predicted octanol–water partition coefficient (Wildman–Crippen LogP) is 3.49. The van der Waals surface area contributed by atoms with Crippen LogP contribution < -0.4 is 10.6 Å². The molecule has 6 heteroatoms. The largest absolute Gasteiger partial charge is 0.340 e. The molecule has 2 amide bonds. The van der Waals surface area contributed by atoms with E-state index in [1.54, 1.807) is 24.4 Å². The third kappa shape index (κ3) is 5.44. The summed E-state index contributed by atoms with van der Waals surface area (Å²) in [6.45, 7) is 10.4. The van der Waals surface area contributed by atoms with Crippen molar-refractivity contribution < 1.29 is 9.59 Å². The molecule has 0 aliphatic rings. The maximum absolute atomic E-state index is 12.6. The molecule has 0 saturated heterocycles. The number of aromatic amines is 1. The molecule has 0 radical (unpaired) electrons. The van der Waals surface area contributed by atoms with Gasteiger partial charge in [0.2, 0.25) is 5.91 Å². The number of amides is 2. The highest BCUT2D eigenvalue weighted by molar-refractivity contribution is 6.00. The Morgan fingerprint density at radius 2 is 1.77 bits per heavy atom. The highest BCUT2D eigenvalue weighted by Crippen LogP contribution is 2.22. The van der Waals surface area contributed by atoms with Crippen LogP contribution in [0.25, 0.3) is 0 Å². The first kappa shape index (κ1) is 19.7. The van der Waals surface area contributed by atoms with Crippen molar-refractivity contribution in [3.05, 3.63) is 47.7 Å². The highest BCUT2D eigenvalue weighted by Gasteiger charge is 2.23. The third-order valence-corrected chi connectivity index (χ3v) is 4.10. The number of carbonyl (C=O) groups excluding carboxylic acids is 2. The number of hydrogen-bond donors (Lipinski definition) is 3. The van der Waals surface area contributed by atoms with Crippen molar-refractivity contribution in [2.75, 3.05) is 5.32 Å². The summed E-state index contributed by atoms with van der Waals surface area (Å²) in [4.78, 5) is 25.1. The Hall–Kier alpha value is -2.63. The summed E-state index contributed by atoms with van der Waals surface area (Å²) in [6.07, 6.45) is 2.11. The van der Waals surface area contributed by atoms with Crippen molar-refractivity contribution in [2.24, 2.45) is 5.92 Å². The molecule has 0 saturated carbocycles. The van der Waals surface area contributed by atoms with E-state index < -0.39 is 6.04 Å². The quantitative estimate of drug-likeness (QED) is 0.740. The van der Waals surface area contributed by atoms with E-state index in [0.29, 0.717) is 17.8 Å². The van der Waals surface area contributed by atoms with Gasteiger partial charge in [-0.3, -0.25) is 14.7 Å². The fourth-order valence-corrected chi connectivity index (χ4v) is 2.61. The van der Waals surface area contributed by atoms with Crippen molar-refractivity contribution in [3.63, 3.8) is 0 Å². The predicted molar refractivity (Wildman–Crippen MR) is 103 cm³/mol. The molecule has 2 rings (SSSR count). The molecule has 0 fully saturated rings. The lowest BCUT2D eigenvalue weighted by molar-refractivity contribution is -0.118. The van der Waals surface area contributed by atoms with Crippen LogP contribution in [0.2, 0.25) is 0 Å². The van der Waals surface area contributed by atoms with Crippen molar-refractivity contribution in [1.82, 2.24) is 15.5 Å². The van der Waals surface area contributed by atoms with Crippen LogP contribution in [0.4, 0.5) is 5.82 Å². The molecule has 0 aliphatic heterocycles. The number of benzene rings is 1. The van der Waals surface area contributed by atoms with Gasteiger partial charge < -0.3 is 10.6 Å². The normalized spacial score (nSPS) is 12.7. The van der Waals surface area contributed by atoms with Gasteiger partial charge in [0.05, 0.1) is 6.20 Å². The van der Waals surface area contributed by atoms with Crippen LogP contribution in [0.5, 0.6) is 0 Å². The van der Waals surface area contributed by atoms with E-state index in [0.717, 1.165) is 5.56 Å². The molecule has 1 unspecified atom stereocenters. The highest BCUT2D eigenvalue weighted by atomic mass is 16.2. The number of nitrogens with zero attached hydrogens (tertiary/aromatic N) is 1. The molecule has 1 aromatic carbocycles. The lowest BCUT2D eigenvalue weighted by atomic mass is 9.86. The van der Waals surface area contributed by atoms with Crippen LogP contribution in [0.15, 0.2) is 36.5 Å². The molecule has 26 heavy (non-hydrogen) atoms. The van der Waals surface area contributed by atoms with E-state index in [9.17, 15) is 9.59 Å². The molecule has 0 aliphatic carbocycles. The zero-order valence-corrected chi connectivity index (χ0v) is 16.1. The Morgan fingerprint density at radius 1 is 1.12 bits per heavy atom. The average molecular weight is 356 g/mol. The molecule has 6 nitrogen and oxygen atoms in total. The van der Waals surface area contributed by atoms with E-state index in [2.05, 4.69) is 41.6 Å². The van der Waals surface area contributed by atoms with Gasteiger partial charge in [0.25, 0.3) is 5.91 Å². The summed E-state index contributed by atoms with van der Waals surface area (Å²) in [7, 11) is 0. The summed E-state index contributed by atoms with van der Waals surface area (Å²) in [5, 5.41) is 12.1. The number of H-pyrrole nitrogens is 1. The molecule has 0 bridgehead atoms. The molecule has 1 atom stereocenters. The minimum atomic E-state index is -0.618. The monoisotopic (exact) mass is 356 g/mol. The number of aromatic nitrogens is 2. The van der Waals surface area contributed by atoms with Gasteiger partial charge >= 0.3 is 0 Å². The van der Waals surface area contributed by atoms with Gasteiger partial charge in [0, 0.05) is 11.6 Å². The smallest absolute Gasteiger partial charge is 0.251 e. The van der Waals surface area contributed by atoms with Crippen LogP contribution >= 0.6 is 0 Å². The Kier molecular flexibility index (Phi) is 6.18. The topological polar surface area (TPSA) is 86.9 Å². The van der Waals surface area contributed by atoms with E-state index >= 15 is 0 Å². The zero-order valence-electron chi connectivity index (χ0n) is 16.1. The van der Waals surface area contributed by atoms with E-state index in [4.69, 9.17) is 0 Å². The standard InChI is InChI=1S/C20H28N4O2/c1-13(2)12-16(19(26)23-17-10-11-21-24-17)22-18(25)14-6-8-15(9-7-14)20(3,4)5/h6-11,13,16H,12H2,1-5H3,(H,22,25)(H2,21,23,24,26). The molecular weight excluding hydrogens is 328 g/mol. The summed E-state index contributed by atoms with van der Waals surface area (Å²) in [6, 6.07) is 8.56. The van der Waals surface area contributed by atoms with Gasteiger partial charge in [-0.05, 0) is 35.4 Å². The molecule has 140 valence electrons. The first-order valence-electron chi connectivity index (χ1n) is 8.88. The first-order chi connectivity index (χ1) is 12.2. The van der Waals surface area contributed by atoms with Crippen LogP contribution in [0, 0.1) is 5.92 Å². The van der Waals surface area contributed by atoms with Gasteiger partial charge in [-0.2, -0.15) is 5.10 Å². The van der Waals surface area contributed by atoms with Crippen molar-refractivity contribution in [1.29, 1.82) is 0 Å². The van der Waals surface area contributed by atoms with E-state index in [1.165, 1.54) is 0 Å². The number of rotatable bonds is 6. The molecule has 1 aromatic heterocycles. The van der Waals surface area contributed by atoms with Gasteiger partial charge in [-0.15, -0.1) is 0 Å². The second kappa shape index (κ2) is 8.17. The summed E-state index contributed by atoms with van der Waals surface area (Å²) < 4.78 is 0. The summed E-state index contributed by atoms with van der Waals surface area (Å²) >= 11 is 0. The SMILES string of the molecule is CC(C)CC(NC(=O)c1ccc(C(C)(C)C)cc1)C(=O)Nc1ccn[nH]1. The second-order valence-electron chi connectivity index (χ2n) is 7.94. The molecular formula is C20H28N4O2. The lowest BCUT2D eigenvalue weighted by Crippen LogP contribution is -2.44. The molecule has 3 N–H and O–H groups in total. The molecule has 2 aromatic rings. The van der Waals surface area contributed by atoms with Crippen LogP contribution in [-0.4, -0.2) is 28.1 Å². The minimum Gasteiger partial charge on any atom is -0.340 e. The number of hydrogen-bond acceptors (Lipinski definition) is 3. The number of nitrogens with one attached hydrogen (secondary N) is 3. The summed E-state index contributed by atoms with van der Waals surface area (Å²) in [5.74, 6) is 0.252. The molecule has 0 spiro atoms. The maximum Gasteiger partial charge on any atom is 0.251 e. The Bertz CT molecular complexity index is 728. The van der Waals surface area contributed by atoms with Crippen molar-refractivity contribution >= 4 is 17.6 Å². The van der Waals surface area contributed by atoms with Gasteiger partial charge in [-0.25, -0.2) is 0 Å². The fraction of sp³-hybridized carbons (Fsp3) is 0.450. The second-order valence-corrected chi connectivity index (χ2v) is 7.94. The maximum atomic E-state index is 12.6. The lowest BCUT2D eigenvalue weighted by Gasteiger charge is -2.21. The van der Waals surface area contributed by atoms with Crippen LogP contribution in [0.1, 0.15) is 57.0 Å². The van der Waals surface area contributed by atoms with Crippen molar-refractivity contribution in [3.8, 4) is 0 Å². The number of anilines is 1. The Morgan fingerprint density at radius 3 is 2.27 bits per heavy atom. The van der Waals surface area contributed by atoms with Gasteiger partial charge in [-0.1, -0.05) is 46.8 Å². The Balaban J connectivity index is 2.09. The van der Waals surface area contributed by atoms with Crippen LogP contribution in [0.3, 0.4) is 0 Å². The number of carbonyl (C=O) groups is 2. The molecule has 1 heterocycles. The Labute approximate surface area is 154 Å². The summed E-state index contributed by atoms with van der Waals surface area (Å²) in [5.41, 5.74) is 1.73. The average Bonchev–Trinajstić information content (AvgIpc) is 3.06. The van der Waals surface area contributed by atoms with Gasteiger partial charge in [0.1, 0.15) is 11.9 Å². The van der Waals surface area contributed by atoms with E-state index in [-0.39, 0.29) is 23.1 Å². The van der Waals surface area contributed by atoms with Crippen LogP contribution in [-0.2, 0) is 10.2 Å². The van der Waals surface area contributed by atoms with Crippen molar-refractivity contribution in [2.45, 2.75) is 52.5 Å².